The van der Waals surface area contributed by atoms with E-state index in [4.69, 9.17) is 0 Å². The summed E-state index contributed by atoms with van der Waals surface area (Å²) in [6.07, 6.45) is -0.177. The van der Waals surface area contributed by atoms with E-state index < -0.39 is 18.1 Å². The Kier molecular flexibility index (Phi) is 6.50. The van der Waals surface area contributed by atoms with Crippen molar-refractivity contribution in [1.29, 1.82) is 0 Å². The van der Waals surface area contributed by atoms with Crippen molar-refractivity contribution < 1.29 is 14.3 Å². The van der Waals surface area contributed by atoms with Crippen LogP contribution in [0.3, 0.4) is 0 Å². The number of aryl methyl sites for hydroxylation is 2. The Bertz CT molecular complexity index is 1060. The molecule has 0 radical (unpaired) electrons. The van der Waals surface area contributed by atoms with Crippen molar-refractivity contribution in [3.8, 4) is 0 Å². The Labute approximate surface area is 181 Å². The van der Waals surface area contributed by atoms with Gasteiger partial charge in [-0.1, -0.05) is 30.3 Å². The van der Waals surface area contributed by atoms with Crippen LogP contribution in [-0.4, -0.2) is 31.3 Å². The van der Waals surface area contributed by atoms with Crippen LogP contribution in [0.4, 0.5) is 4.39 Å². The number of hydrogen-bond acceptors (Lipinski definition) is 5. The maximum absolute atomic E-state index is 13.5. The van der Waals surface area contributed by atoms with Gasteiger partial charge in [-0.2, -0.15) is 0 Å². The van der Waals surface area contributed by atoms with Gasteiger partial charge in [0.25, 0.3) is 0 Å². The molecule has 0 amide bonds. The van der Waals surface area contributed by atoms with Crippen molar-refractivity contribution in [3.63, 3.8) is 0 Å². The van der Waals surface area contributed by atoms with E-state index in [1.165, 1.54) is 12.1 Å². The van der Waals surface area contributed by atoms with Crippen LogP contribution in [-0.2, 0) is 10.3 Å². The lowest BCUT2D eigenvalue weighted by Gasteiger charge is -2.28. The number of benzene rings is 2. The highest BCUT2D eigenvalue weighted by atomic mass is 19.1. The van der Waals surface area contributed by atoms with Crippen molar-refractivity contribution in [2.45, 2.75) is 58.7 Å². The molecule has 0 aliphatic carbocycles. The van der Waals surface area contributed by atoms with Crippen LogP contribution in [0.25, 0.3) is 0 Å². The molecular weight excluding hydrogens is 397 g/mol. The molecule has 0 fully saturated rings. The predicted octanol–water partition coefficient (Wildman–Crippen LogP) is 4.08. The van der Waals surface area contributed by atoms with Crippen molar-refractivity contribution in [2.24, 2.45) is 0 Å². The van der Waals surface area contributed by atoms with E-state index >= 15 is 0 Å². The van der Waals surface area contributed by atoms with E-state index in [1.54, 1.807) is 16.8 Å². The lowest BCUT2D eigenvalue weighted by Crippen LogP contribution is -2.34. The molecule has 8 heteroatoms. The molecule has 1 aromatic heterocycles. The summed E-state index contributed by atoms with van der Waals surface area (Å²) in [6, 6.07) is 10.9. The lowest BCUT2D eigenvalue weighted by molar-refractivity contribution is -0.137. The van der Waals surface area contributed by atoms with Crippen LogP contribution in [0, 0.1) is 19.7 Å². The van der Waals surface area contributed by atoms with E-state index in [1.807, 2.05) is 46.8 Å². The Morgan fingerprint density at radius 3 is 2.32 bits per heavy atom. The number of nitrogens with one attached hydrogen (secondary N) is 1. The molecule has 3 aromatic rings. The summed E-state index contributed by atoms with van der Waals surface area (Å²) in [7, 11) is 0. The Balaban J connectivity index is 2.10. The molecule has 2 unspecified atom stereocenters. The van der Waals surface area contributed by atoms with Gasteiger partial charge in [0.15, 0.2) is 5.82 Å². The number of carboxylic acids is 1. The summed E-state index contributed by atoms with van der Waals surface area (Å²) < 4.78 is 15.2. The molecule has 2 atom stereocenters. The van der Waals surface area contributed by atoms with Crippen molar-refractivity contribution in [3.05, 3.63) is 76.4 Å². The molecule has 3 rings (SSSR count). The molecular formula is C23H28FN5O2. The standard InChI is InChI=1S/C23H28FN5O2/c1-14-6-7-17(12-15(14)2)21(22-26-27-28-29(22)23(3,4)5)25-19(13-20(30)31)16-8-10-18(24)11-9-16/h6-12,19,21,25H,13H2,1-5H3,(H,30,31). The van der Waals surface area contributed by atoms with Gasteiger partial charge in [0.05, 0.1) is 18.0 Å². The maximum atomic E-state index is 13.5. The third-order valence-corrected chi connectivity index (χ3v) is 5.27. The maximum Gasteiger partial charge on any atom is 0.305 e. The fourth-order valence-electron chi connectivity index (χ4n) is 3.46. The first-order valence-electron chi connectivity index (χ1n) is 10.2. The summed E-state index contributed by atoms with van der Waals surface area (Å²) in [6.45, 7) is 10.1. The molecule has 1 heterocycles. The van der Waals surface area contributed by atoms with Crippen LogP contribution in [0.2, 0.25) is 0 Å². The molecule has 7 nitrogen and oxygen atoms in total. The zero-order valence-corrected chi connectivity index (χ0v) is 18.4. The highest BCUT2D eigenvalue weighted by Gasteiger charge is 2.30. The average Bonchev–Trinajstić information content (AvgIpc) is 3.18. The summed E-state index contributed by atoms with van der Waals surface area (Å²) >= 11 is 0. The van der Waals surface area contributed by atoms with Crippen LogP contribution < -0.4 is 5.32 Å². The molecule has 0 saturated carbocycles. The van der Waals surface area contributed by atoms with Gasteiger partial charge in [0, 0.05) is 6.04 Å². The van der Waals surface area contributed by atoms with Gasteiger partial charge in [0.1, 0.15) is 5.82 Å². The average molecular weight is 426 g/mol. The fraction of sp³-hybridized carbons (Fsp3) is 0.391. The third kappa shape index (κ3) is 5.32. The molecule has 0 saturated heterocycles. The van der Waals surface area contributed by atoms with Gasteiger partial charge in [0.2, 0.25) is 0 Å². The number of aliphatic carboxylic acids is 1. The van der Waals surface area contributed by atoms with Crippen LogP contribution in [0.5, 0.6) is 0 Å². The second kappa shape index (κ2) is 8.93. The minimum absolute atomic E-state index is 0.177. The highest BCUT2D eigenvalue weighted by molar-refractivity contribution is 5.68. The third-order valence-electron chi connectivity index (χ3n) is 5.27. The van der Waals surface area contributed by atoms with Gasteiger partial charge >= 0.3 is 5.97 Å². The first-order chi connectivity index (χ1) is 14.6. The lowest BCUT2D eigenvalue weighted by atomic mass is 9.96. The van der Waals surface area contributed by atoms with Gasteiger partial charge < -0.3 is 5.11 Å². The van der Waals surface area contributed by atoms with Gasteiger partial charge in [-0.15, -0.1) is 5.10 Å². The van der Waals surface area contributed by atoms with Gasteiger partial charge in [-0.3, -0.25) is 10.1 Å². The van der Waals surface area contributed by atoms with E-state index in [-0.39, 0.29) is 17.8 Å². The Hall–Kier alpha value is -3.13. The minimum Gasteiger partial charge on any atom is -0.481 e. The van der Waals surface area contributed by atoms with Crippen molar-refractivity contribution >= 4 is 5.97 Å². The normalized spacial score (nSPS) is 13.7. The molecule has 164 valence electrons. The Morgan fingerprint density at radius 2 is 1.74 bits per heavy atom. The Morgan fingerprint density at radius 1 is 1.10 bits per heavy atom. The number of hydrogen-bond donors (Lipinski definition) is 2. The molecule has 0 aliphatic heterocycles. The summed E-state index contributed by atoms with van der Waals surface area (Å²) in [5.41, 5.74) is 3.47. The molecule has 0 spiro atoms. The van der Waals surface area contributed by atoms with Gasteiger partial charge in [-0.25, -0.2) is 9.07 Å². The molecule has 0 bridgehead atoms. The summed E-state index contributed by atoms with van der Waals surface area (Å²) in [5.74, 6) is -0.760. The second-order valence-electron chi connectivity index (χ2n) is 8.77. The van der Waals surface area contributed by atoms with E-state index in [2.05, 4.69) is 26.9 Å². The number of carboxylic acid groups (broad SMARTS) is 1. The molecule has 0 aliphatic rings. The fourth-order valence-corrected chi connectivity index (χ4v) is 3.46. The summed E-state index contributed by atoms with van der Waals surface area (Å²) in [5, 5.41) is 25.3. The first kappa shape index (κ1) is 22.6. The molecule has 2 N–H and O–H groups in total. The number of nitrogens with zero attached hydrogens (tertiary/aromatic N) is 4. The SMILES string of the molecule is Cc1ccc(C(NC(CC(=O)O)c2ccc(F)cc2)c2nnnn2C(C)(C)C)cc1C. The number of aromatic nitrogens is 4. The van der Waals surface area contributed by atoms with E-state index in [9.17, 15) is 14.3 Å². The van der Waals surface area contributed by atoms with Crippen LogP contribution in [0.15, 0.2) is 42.5 Å². The van der Waals surface area contributed by atoms with Crippen LogP contribution in [0.1, 0.15) is 67.4 Å². The van der Waals surface area contributed by atoms with Gasteiger partial charge in [-0.05, 0) is 79.4 Å². The molecule has 31 heavy (non-hydrogen) atoms. The topological polar surface area (TPSA) is 92.9 Å². The zero-order chi connectivity index (χ0) is 22.8. The predicted molar refractivity (Wildman–Crippen MR) is 115 cm³/mol. The number of carbonyl (C=O) groups is 1. The summed E-state index contributed by atoms with van der Waals surface area (Å²) in [4.78, 5) is 11.6. The van der Waals surface area contributed by atoms with Crippen molar-refractivity contribution in [1.82, 2.24) is 25.5 Å². The van der Waals surface area contributed by atoms with Crippen LogP contribution >= 0.6 is 0 Å². The number of tetrazole rings is 1. The van der Waals surface area contributed by atoms with E-state index in [0.717, 1.165) is 16.7 Å². The quantitative estimate of drug-likeness (QED) is 0.593. The largest absolute Gasteiger partial charge is 0.481 e. The second-order valence-corrected chi connectivity index (χ2v) is 8.77. The monoisotopic (exact) mass is 425 g/mol. The van der Waals surface area contributed by atoms with Crippen molar-refractivity contribution in [2.75, 3.05) is 0 Å². The smallest absolute Gasteiger partial charge is 0.305 e. The molecule has 2 aromatic carbocycles. The van der Waals surface area contributed by atoms with E-state index in [0.29, 0.717) is 11.4 Å². The minimum atomic E-state index is -0.962. The zero-order valence-electron chi connectivity index (χ0n) is 18.4. The number of rotatable bonds is 7. The first-order valence-corrected chi connectivity index (χ1v) is 10.2. The number of halogens is 1. The highest BCUT2D eigenvalue weighted by Crippen LogP contribution is 2.30.